The van der Waals surface area contributed by atoms with E-state index in [1.54, 1.807) is 4.90 Å². The number of amides is 3. The Balaban J connectivity index is 1.60. The average molecular weight is 317 g/mol. The zero-order valence-corrected chi connectivity index (χ0v) is 13.4. The van der Waals surface area contributed by atoms with Crippen LogP contribution in [0.15, 0.2) is 30.3 Å². The molecule has 1 aromatic carbocycles. The minimum atomic E-state index is -0.300. The molecular weight excluding hydrogens is 294 g/mol. The van der Waals surface area contributed by atoms with Gasteiger partial charge in [-0.2, -0.15) is 0 Å². The van der Waals surface area contributed by atoms with Crippen molar-refractivity contribution in [1.82, 2.24) is 15.1 Å². The molecule has 2 fully saturated rings. The molecule has 1 N–H and O–H groups in total. The molecular formula is C17H23N3O3. The van der Waals surface area contributed by atoms with Crippen LogP contribution in [0.1, 0.15) is 25.3 Å². The maximum atomic E-state index is 12.4. The first-order chi connectivity index (χ1) is 11.2. The molecule has 124 valence electrons. The summed E-state index contributed by atoms with van der Waals surface area (Å²) in [6, 6.07) is 9.66. The van der Waals surface area contributed by atoms with Crippen LogP contribution >= 0.6 is 0 Å². The van der Waals surface area contributed by atoms with Crippen molar-refractivity contribution in [2.24, 2.45) is 0 Å². The Morgan fingerprint density at radius 3 is 2.78 bits per heavy atom. The molecule has 0 aliphatic carbocycles. The van der Waals surface area contributed by atoms with Crippen molar-refractivity contribution in [2.45, 2.75) is 38.5 Å². The number of likely N-dealkylation sites (tertiary alicyclic amines) is 1. The summed E-state index contributed by atoms with van der Waals surface area (Å²) in [6.07, 6.45) is 1.52. The molecule has 2 unspecified atom stereocenters. The van der Waals surface area contributed by atoms with Crippen molar-refractivity contribution in [2.75, 3.05) is 19.6 Å². The molecule has 0 aromatic heterocycles. The largest absolute Gasteiger partial charge is 0.445 e. The molecule has 23 heavy (non-hydrogen) atoms. The summed E-state index contributed by atoms with van der Waals surface area (Å²) < 4.78 is 5.44. The summed E-state index contributed by atoms with van der Waals surface area (Å²) >= 11 is 0. The maximum Gasteiger partial charge on any atom is 0.410 e. The highest BCUT2D eigenvalue weighted by atomic mass is 16.6. The smallest absolute Gasteiger partial charge is 0.410 e. The fourth-order valence-electron chi connectivity index (χ4n) is 3.40. The van der Waals surface area contributed by atoms with E-state index in [1.807, 2.05) is 42.2 Å². The number of carbonyl (C=O) groups is 2. The Morgan fingerprint density at radius 2 is 2.09 bits per heavy atom. The lowest BCUT2D eigenvalue weighted by Gasteiger charge is -2.42. The Bertz CT molecular complexity index is 563. The van der Waals surface area contributed by atoms with Crippen LogP contribution in [-0.4, -0.2) is 53.6 Å². The number of benzene rings is 1. The lowest BCUT2D eigenvalue weighted by molar-refractivity contribution is 0.0438. The normalized spacial score (nSPS) is 24.5. The average Bonchev–Trinajstić information content (AvgIpc) is 3.00. The fourth-order valence-corrected chi connectivity index (χ4v) is 3.40. The number of ether oxygens (including phenoxy) is 1. The van der Waals surface area contributed by atoms with Gasteiger partial charge in [-0.3, -0.25) is 0 Å². The summed E-state index contributed by atoms with van der Waals surface area (Å²) in [6.45, 7) is 4.35. The van der Waals surface area contributed by atoms with E-state index < -0.39 is 0 Å². The number of nitrogens with one attached hydrogen (secondary N) is 1. The third-order valence-corrected chi connectivity index (χ3v) is 4.68. The van der Waals surface area contributed by atoms with Gasteiger partial charge in [0.2, 0.25) is 0 Å². The van der Waals surface area contributed by atoms with Crippen LogP contribution in [0.5, 0.6) is 0 Å². The van der Waals surface area contributed by atoms with Gasteiger partial charge >= 0.3 is 12.1 Å². The molecule has 3 amide bonds. The molecule has 2 saturated heterocycles. The highest BCUT2D eigenvalue weighted by Crippen LogP contribution is 2.24. The number of carbonyl (C=O) groups excluding carboxylic acids is 2. The zero-order valence-electron chi connectivity index (χ0n) is 13.4. The maximum absolute atomic E-state index is 12.4. The predicted octanol–water partition coefficient (Wildman–Crippen LogP) is 2.20. The second-order valence-corrected chi connectivity index (χ2v) is 6.11. The van der Waals surface area contributed by atoms with Gasteiger partial charge < -0.3 is 19.9 Å². The Labute approximate surface area is 136 Å². The summed E-state index contributed by atoms with van der Waals surface area (Å²) in [5, 5.41) is 2.83. The van der Waals surface area contributed by atoms with E-state index in [2.05, 4.69) is 5.32 Å². The first-order valence-electron chi connectivity index (χ1n) is 8.18. The van der Waals surface area contributed by atoms with Crippen molar-refractivity contribution < 1.29 is 14.3 Å². The second kappa shape index (κ2) is 6.89. The Morgan fingerprint density at radius 1 is 1.30 bits per heavy atom. The fraction of sp³-hybridized carbons (Fsp3) is 0.529. The standard InChI is InChI=1S/C17H23N3O3/c1-13-15(20-11-9-18-16(20)21)8-5-10-19(13)17(22)23-12-14-6-3-2-4-7-14/h2-4,6-7,13,15H,5,8-12H2,1H3,(H,18,21). The van der Waals surface area contributed by atoms with Crippen LogP contribution in [0.2, 0.25) is 0 Å². The van der Waals surface area contributed by atoms with Gasteiger partial charge in [0.25, 0.3) is 0 Å². The first kappa shape index (κ1) is 15.6. The quantitative estimate of drug-likeness (QED) is 0.929. The monoisotopic (exact) mass is 317 g/mol. The van der Waals surface area contributed by atoms with Gasteiger partial charge in [-0.05, 0) is 25.3 Å². The number of urea groups is 1. The summed E-state index contributed by atoms with van der Waals surface area (Å²) in [7, 11) is 0. The van der Waals surface area contributed by atoms with Crippen LogP contribution in [0, 0.1) is 0 Å². The van der Waals surface area contributed by atoms with Crippen molar-refractivity contribution in [3.63, 3.8) is 0 Å². The van der Waals surface area contributed by atoms with Gasteiger partial charge in [0.05, 0.1) is 12.1 Å². The van der Waals surface area contributed by atoms with Gasteiger partial charge in [-0.15, -0.1) is 0 Å². The molecule has 6 nitrogen and oxygen atoms in total. The number of hydrogen-bond donors (Lipinski definition) is 1. The third-order valence-electron chi connectivity index (χ3n) is 4.68. The second-order valence-electron chi connectivity index (χ2n) is 6.11. The molecule has 2 atom stereocenters. The molecule has 2 heterocycles. The summed E-state index contributed by atoms with van der Waals surface area (Å²) in [5.41, 5.74) is 0.973. The van der Waals surface area contributed by atoms with Crippen molar-refractivity contribution in [1.29, 1.82) is 0 Å². The lowest BCUT2D eigenvalue weighted by Crippen LogP contribution is -2.56. The van der Waals surface area contributed by atoms with E-state index in [-0.39, 0.29) is 30.8 Å². The number of nitrogens with zero attached hydrogens (tertiary/aromatic N) is 2. The van der Waals surface area contributed by atoms with Gasteiger partial charge in [0.15, 0.2) is 0 Å². The molecule has 2 aliphatic rings. The van der Waals surface area contributed by atoms with Gasteiger partial charge in [0.1, 0.15) is 6.61 Å². The van der Waals surface area contributed by atoms with Crippen LogP contribution in [-0.2, 0) is 11.3 Å². The molecule has 6 heteroatoms. The SMILES string of the molecule is CC1C(N2CCNC2=O)CCCN1C(=O)OCc1ccccc1. The lowest BCUT2D eigenvalue weighted by atomic mass is 9.96. The molecule has 0 radical (unpaired) electrons. The van der Waals surface area contributed by atoms with E-state index in [0.29, 0.717) is 19.6 Å². The van der Waals surface area contributed by atoms with Crippen molar-refractivity contribution >= 4 is 12.1 Å². The molecule has 1 aromatic rings. The first-order valence-corrected chi connectivity index (χ1v) is 8.18. The molecule has 3 rings (SSSR count). The highest BCUT2D eigenvalue weighted by Gasteiger charge is 2.38. The van der Waals surface area contributed by atoms with E-state index in [0.717, 1.165) is 18.4 Å². The molecule has 0 spiro atoms. The minimum absolute atomic E-state index is 0.0265. The minimum Gasteiger partial charge on any atom is -0.445 e. The van der Waals surface area contributed by atoms with Crippen LogP contribution in [0.3, 0.4) is 0 Å². The number of piperidine rings is 1. The number of rotatable bonds is 3. The summed E-state index contributed by atoms with van der Waals surface area (Å²) in [5.74, 6) is 0. The third kappa shape index (κ3) is 3.41. The Kier molecular flexibility index (Phi) is 4.69. The Hall–Kier alpha value is -2.24. The molecule has 0 saturated carbocycles. The van der Waals surface area contributed by atoms with E-state index in [1.165, 1.54) is 0 Å². The van der Waals surface area contributed by atoms with Crippen molar-refractivity contribution in [3.8, 4) is 0 Å². The molecule has 2 aliphatic heterocycles. The van der Waals surface area contributed by atoms with Gasteiger partial charge in [0, 0.05) is 19.6 Å². The highest BCUT2D eigenvalue weighted by molar-refractivity contribution is 5.77. The van der Waals surface area contributed by atoms with E-state index >= 15 is 0 Å². The van der Waals surface area contributed by atoms with Gasteiger partial charge in [-0.1, -0.05) is 30.3 Å². The van der Waals surface area contributed by atoms with E-state index in [9.17, 15) is 9.59 Å². The van der Waals surface area contributed by atoms with Crippen LogP contribution in [0.4, 0.5) is 9.59 Å². The molecule has 0 bridgehead atoms. The number of hydrogen-bond acceptors (Lipinski definition) is 3. The van der Waals surface area contributed by atoms with Crippen molar-refractivity contribution in [3.05, 3.63) is 35.9 Å². The van der Waals surface area contributed by atoms with E-state index in [4.69, 9.17) is 4.74 Å². The summed E-state index contributed by atoms with van der Waals surface area (Å²) in [4.78, 5) is 27.9. The van der Waals surface area contributed by atoms with Crippen LogP contribution in [0.25, 0.3) is 0 Å². The van der Waals surface area contributed by atoms with Gasteiger partial charge in [-0.25, -0.2) is 9.59 Å². The zero-order chi connectivity index (χ0) is 16.2. The predicted molar refractivity (Wildman–Crippen MR) is 85.9 cm³/mol. The van der Waals surface area contributed by atoms with Crippen LogP contribution < -0.4 is 5.32 Å². The topological polar surface area (TPSA) is 61.9 Å².